The van der Waals surface area contributed by atoms with Crippen molar-refractivity contribution in [3.63, 3.8) is 0 Å². The van der Waals surface area contributed by atoms with Crippen LogP contribution in [0, 0.1) is 6.92 Å². The van der Waals surface area contributed by atoms with E-state index in [9.17, 15) is 4.79 Å². The van der Waals surface area contributed by atoms with E-state index < -0.39 is 0 Å². The predicted octanol–water partition coefficient (Wildman–Crippen LogP) is 1.94. The van der Waals surface area contributed by atoms with Crippen molar-refractivity contribution in [1.82, 2.24) is 9.88 Å². The number of rotatable bonds is 6. The normalized spacial score (nSPS) is 11.1. The maximum absolute atomic E-state index is 11.1. The highest BCUT2D eigenvalue weighted by Gasteiger charge is 2.00. The second-order valence-corrected chi connectivity index (χ2v) is 4.12. The third-order valence-corrected chi connectivity index (χ3v) is 2.34. The zero-order chi connectivity index (χ0) is 13.4. The van der Waals surface area contributed by atoms with Gasteiger partial charge >= 0.3 is 5.97 Å². The molecule has 0 atom stereocenters. The quantitative estimate of drug-likeness (QED) is 0.570. The van der Waals surface area contributed by atoms with Gasteiger partial charge in [0, 0.05) is 24.9 Å². The van der Waals surface area contributed by atoms with E-state index in [2.05, 4.69) is 9.88 Å². The van der Waals surface area contributed by atoms with E-state index in [0.29, 0.717) is 13.2 Å². The Hall–Kier alpha value is -1.68. The number of likely N-dealkylation sites (N-methyl/N-ethyl adjacent to an activating group) is 1. The Morgan fingerprint density at radius 2 is 2.28 bits per heavy atom. The minimum Gasteiger partial charge on any atom is -0.463 e. The Morgan fingerprint density at radius 3 is 2.94 bits per heavy atom. The van der Waals surface area contributed by atoms with Crippen LogP contribution in [0.5, 0.6) is 0 Å². The van der Waals surface area contributed by atoms with Crippen LogP contribution in [0.4, 0.5) is 0 Å². The molecule has 1 aromatic heterocycles. The van der Waals surface area contributed by atoms with Crippen molar-refractivity contribution in [2.24, 2.45) is 0 Å². The molecule has 0 aliphatic heterocycles. The van der Waals surface area contributed by atoms with Gasteiger partial charge in [-0.3, -0.25) is 9.88 Å². The summed E-state index contributed by atoms with van der Waals surface area (Å²) in [6.45, 7) is 5.63. The van der Waals surface area contributed by atoms with Crippen LogP contribution in [0.15, 0.2) is 30.4 Å². The van der Waals surface area contributed by atoms with Crippen LogP contribution < -0.4 is 0 Å². The summed E-state index contributed by atoms with van der Waals surface area (Å²) in [5, 5.41) is 0. The molecule has 1 aromatic rings. The highest BCUT2D eigenvalue weighted by molar-refractivity contribution is 5.81. The van der Waals surface area contributed by atoms with Gasteiger partial charge in [-0.1, -0.05) is 12.1 Å². The Kier molecular flexibility index (Phi) is 6.08. The molecule has 0 N–H and O–H groups in total. The number of aryl methyl sites for hydroxylation is 1. The first-order valence-corrected chi connectivity index (χ1v) is 6.06. The predicted molar refractivity (Wildman–Crippen MR) is 71.1 cm³/mol. The number of carbonyl (C=O) groups is 1. The largest absolute Gasteiger partial charge is 0.463 e. The van der Waals surface area contributed by atoms with Crippen molar-refractivity contribution in [2.75, 3.05) is 20.2 Å². The minimum atomic E-state index is -0.292. The molecule has 0 saturated heterocycles. The molecule has 1 rings (SSSR count). The lowest BCUT2D eigenvalue weighted by molar-refractivity contribution is -0.137. The number of hydrogen-bond acceptors (Lipinski definition) is 4. The lowest BCUT2D eigenvalue weighted by Gasteiger charge is -2.13. The summed E-state index contributed by atoms with van der Waals surface area (Å²) in [5.74, 6) is -0.292. The van der Waals surface area contributed by atoms with Crippen LogP contribution in [-0.4, -0.2) is 36.1 Å². The van der Waals surface area contributed by atoms with Crippen molar-refractivity contribution in [3.05, 3.63) is 41.7 Å². The number of hydrogen-bond donors (Lipinski definition) is 0. The molecule has 0 fully saturated rings. The van der Waals surface area contributed by atoms with Gasteiger partial charge in [0.25, 0.3) is 0 Å². The summed E-state index contributed by atoms with van der Waals surface area (Å²) in [7, 11) is 1.99. The zero-order valence-corrected chi connectivity index (χ0v) is 11.2. The van der Waals surface area contributed by atoms with Crippen LogP contribution in [0.3, 0.4) is 0 Å². The summed E-state index contributed by atoms with van der Waals surface area (Å²) in [5.41, 5.74) is 2.05. The van der Waals surface area contributed by atoms with Gasteiger partial charge in [-0.15, -0.1) is 0 Å². The Labute approximate surface area is 108 Å². The summed E-state index contributed by atoms with van der Waals surface area (Å²) >= 11 is 0. The van der Waals surface area contributed by atoms with Crippen molar-refractivity contribution in [2.45, 2.75) is 20.4 Å². The van der Waals surface area contributed by atoms with Crippen molar-refractivity contribution >= 4 is 5.97 Å². The summed E-state index contributed by atoms with van der Waals surface area (Å²) in [4.78, 5) is 17.6. The second kappa shape index (κ2) is 7.61. The zero-order valence-electron chi connectivity index (χ0n) is 11.2. The molecule has 18 heavy (non-hydrogen) atoms. The maximum Gasteiger partial charge on any atom is 0.330 e. The van der Waals surface area contributed by atoms with Gasteiger partial charge in [0.15, 0.2) is 0 Å². The van der Waals surface area contributed by atoms with Crippen LogP contribution in [0.1, 0.15) is 18.3 Å². The third kappa shape index (κ3) is 5.59. The van der Waals surface area contributed by atoms with Gasteiger partial charge in [0.2, 0.25) is 0 Å². The van der Waals surface area contributed by atoms with Crippen LogP contribution in [0.2, 0.25) is 0 Å². The van der Waals surface area contributed by atoms with Crippen molar-refractivity contribution in [3.8, 4) is 0 Å². The number of aromatic nitrogens is 1. The number of esters is 1. The van der Waals surface area contributed by atoms with Crippen LogP contribution in [-0.2, 0) is 16.1 Å². The fourth-order valence-electron chi connectivity index (χ4n) is 1.55. The summed E-state index contributed by atoms with van der Waals surface area (Å²) in [6.07, 6.45) is 3.26. The van der Waals surface area contributed by atoms with Crippen molar-refractivity contribution in [1.29, 1.82) is 0 Å². The lowest BCUT2D eigenvalue weighted by atomic mass is 10.3. The van der Waals surface area contributed by atoms with E-state index >= 15 is 0 Å². The highest BCUT2D eigenvalue weighted by atomic mass is 16.5. The number of ether oxygens (including phenoxy) is 1. The fourth-order valence-corrected chi connectivity index (χ4v) is 1.55. The first-order chi connectivity index (χ1) is 8.61. The Morgan fingerprint density at radius 1 is 1.50 bits per heavy atom. The molecule has 0 unspecified atom stereocenters. The minimum absolute atomic E-state index is 0.292. The fraction of sp³-hybridized carbons (Fsp3) is 0.429. The average molecular weight is 248 g/mol. The van der Waals surface area contributed by atoms with Gasteiger partial charge in [-0.2, -0.15) is 0 Å². The lowest BCUT2D eigenvalue weighted by Crippen LogP contribution is -2.18. The molecule has 0 radical (unpaired) electrons. The molecule has 0 aliphatic rings. The molecule has 0 bridgehead atoms. The second-order valence-electron chi connectivity index (χ2n) is 4.12. The number of carbonyl (C=O) groups excluding carboxylic acids is 1. The summed E-state index contributed by atoms with van der Waals surface area (Å²) < 4.78 is 4.80. The monoisotopic (exact) mass is 248 g/mol. The van der Waals surface area contributed by atoms with Crippen LogP contribution in [0.25, 0.3) is 0 Å². The van der Waals surface area contributed by atoms with Crippen LogP contribution >= 0.6 is 0 Å². The van der Waals surface area contributed by atoms with E-state index in [0.717, 1.165) is 17.9 Å². The number of nitrogens with zero attached hydrogens (tertiary/aromatic N) is 2. The molecule has 4 heteroatoms. The molecule has 98 valence electrons. The van der Waals surface area contributed by atoms with E-state index in [1.807, 2.05) is 32.2 Å². The first kappa shape index (κ1) is 14.4. The first-order valence-electron chi connectivity index (χ1n) is 6.06. The molecule has 4 nitrogen and oxygen atoms in total. The smallest absolute Gasteiger partial charge is 0.330 e. The maximum atomic E-state index is 11.1. The molecule has 0 aliphatic carbocycles. The van der Waals surface area contributed by atoms with E-state index in [4.69, 9.17) is 4.74 Å². The Balaban J connectivity index is 2.38. The molecule has 0 amide bonds. The standard InChI is InChI=1S/C14H20N2O2/c1-4-18-14(17)9-6-10-16(3)11-13-8-5-7-12(2)15-13/h5-9H,4,10-11H2,1-3H3/b9-6+. The van der Waals surface area contributed by atoms with E-state index in [-0.39, 0.29) is 5.97 Å². The Bertz CT molecular complexity index is 416. The molecule has 0 spiro atoms. The molecular formula is C14H20N2O2. The van der Waals surface area contributed by atoms with Gasteiger partial charge in [-0.25, -0.2) is 4.79 Å². The molecular weight excluding hydrogens is 228 g/mol. The molecule has 1 heterocycles. The van der Waals surface area contributed by atoms with Crippen molar-refractivity contribution < 1.29 is 9.53 Å². The van der Waals surface area contributed by atoms with Gasteiger partial charge < -0.3 is 4.74 Å². The molecule has 0 aromatic carbocycles. The van der Waals surface area contributed by atoms with Gasteiger partial charge in [0.05, 0.1) is 12.3 Å². The highest BCUT2D eigenvalue weighted by Crippen LogP contribution is 2.01. The van der Waals surface area contributed by atoms with E-state index in [1.165, 1.54) is 6.08 Å². The number of pyridine rings is 1. The van der Waals surface area contributed by atoms with E-state index in [1.54, 1.807) is 13.0 Å². The van der Waals surface area contributed by atoms with Gasteiger partial charge in [0.1, 0.15) is 0 Å². The molecule has 0 saturated carbocycles. The average Bonchev–Trinajstić information content (AvgIpc) is 2.29. The third-order valence-electron chi connectivity index (χ3n) is 2.34. The topological polar surface area (TPSA) is 42.4 Å². The SMILES string of the molecule is CCOC(=O)/C=C/CN(C)Cc1cccc(C)n1. The summed E-state index contributed by atoms with van der Waals surface area (Å²) in [6, 6.07) is 5.97. The van der Waals surface area contributed by atoms with Gasteiger partial charge in [-0.05, 0) is 33.0 Å².